The molecule has 1 aromatic rings. The summed E-state index contributed by atoms with van der Waals surface area (Å²) in [5, 5.41) is 11.8. The van der Waals surface area contributed by atoms with E-state index in [1.165, 1.54) is 0 Å². The summed E-state index contributed by atoms with van der Waals surface area (Å²) >= 11 is 0. The molecule has 374 valence electrons. The van der Waals surface area contributed by atoms with E-state index < -0.39 is 73.0 Å². The first kappa shape index (κ1) is 56.3. The SMILES string of the molecule is C=C([C@H](C)C[C@@H](CC[C@@H]1O[C@@H](CCC2OCCO2)CC1=C)OS(C)(=O)=O)[C@H](O)C[C@@H]1O[C@H](C[C@@H](CO[Si](C)(C)C(C)(C)C)O[Si](C)(C)C(C)(C)C)[C@H](OC)[C@H]1CS(=O)(=O)c1ccccc1. The molecule has 3 aliphatic heterocycles. The van der Waals surface area contributed by atoms with Crippen molar-refractivity contribution in [1.82, 2.24) is 0 Å². The Morgan fingerprint density at radius 1 is 0.877 bits per heavy atom. The second kappa shape index (κ2) is 23.1. The maximum atomic E-state index is 14.1. The molecule has 0 radical (unpaired) electrons. The van der Waals surface area contributed by atoms with Gasteiger partial charge in [-0.3, -0.25) is 4.18 Å². The van der Waals surface area contributed by atoms with Crippen LogP contribution in [0.2, 0.25) is 36.3 Å². The lowest BCUT2D eigenvalue weighted by atomic mass is 9.86. The number of rotatable bonds is 25. The highest BCUT2D eigenvalue weighted by Gasteiger charge is 2.50. The highest BCUT2D eigenvalue weighted by molar-refractivity contribution is 7.91. The van der Waals surface area contributed by atoms with Crippen LogP contribution in [0.5, 0.6) is 0 Å². The number of hydrogen-bond acceptors (Lipinski definition) is 13. The van der Waals surface area contributed by atoms with Crippen LogP contribution in [0.3, 0.4) is 0 Å². The van der Waals surface area contributed by atoms with E-state index >= 15 is 0 Å². The van der Waals surface area contributed by atoms with Crippen molar-refractivity contribution in [3.63, 3.8) is 0 Å². The monoisotopic (exact) mass is 988 g/mol. The Labute approximate surface area is 395 Å². The van der Waals surface area contributed by atoms with Crippen molar-refractivity contribution in [2.45, 2.75) is 196 Å². The van der Waals surface area contributed by atoms with Crippen LogP contribution in [-0.4, -0.2) is 133 Å². The van der Waals surface area contributed by atoms with Gasteiger partial charge in [-0.25, -0.2) is 8.42 Å². The topological polar surface area (TPSA) is 162 Å². The van der Waals surface area contributed by atoms with Gasteiger partial charge in [0, 0.05) is 32.3 Å². The van der Waals surface area contributed by atoms with Crippen molar-refractivity contribution in [2.75, 3.05) is 38.9 Å². The van der Waals surface area contributed by atoms with Crippen molar-refractivity contribution >= 4 is 36.6 Å². The van der Waals surface area contributed by atoms with Gasteiger partial charge in [0.1, 0.15) is 0 Å². The van der Waals surface area contributed by atoms with E-state index in [0.29, 0.717) is 51.1 Å². The van der Waals surface area contributed by atoms with Gasteiger partial charge in [-0.1, -0.05) is 79.8 Å². The fourth-order valence-electron chi connectivity index (χ4n) is 8.51. The Hall–Kier alpha value is -1.33. The number of benzene rings is 1. The Morgan fingerprint density at radius 3 is 2.06 bits per heavy atom. The van der Waals surface area contributed by atoms with Crippen LogP contribution in [-0.2, 0) is 56.7 Å². The molecule has 3 heterocycles. The molecule has 0 saturated carbocycles. The molecule has 1 aromatic carbocycles. The smallest absolute Gasteiger partial charge is 0.264 e. The van der Waals surface area contributed by atoms with E-state index in [4.69, 9.17) is 36.7 Å². The zero-order chi connectivity index (χ0) is 48.8. The van der Waals surface area contributed by atoms with Gasteiger partial charge < -0.3 is 37.6 Å². The molecule has 1 N–H and O–H groups in total. The van der Waals surface area contributed by atoms with Crippen LogP contribution in [0.25, 0.3) is 0 Å². The predicted molar refractivity (Wildman–Crippen MR) is 261 cm³/mol. The fourth-order valence-corrected chi connectivity index (χ4v) is 13.2. The quantitative estimate of drug-likeness (QED) is 0.0562. The highest BCUT2D eigenvalue weighted by Crippen LogP contribution is 2.43. The molecule has 4 rings (SSSR count). The van der Waals surface area contributed by atoms with Crippen LogP contribution in [0.1, 0.15) is 99.8 Å². The molecular weight excluding hydrogens is 905 g/mol. The van der Waals surface area contributed by atoms with E-state index in [1.807, 2.05) is 6.92 Å². The third-order valence-electron chi connectivity index (χ3n) is 14.5. The van der Waals surface area contributed by atoms with E-state index in [2.05, 4.69) is 80.9 Å². The standard InChI is InChI=1S/C48H84O13S2Si2/c1-33(27-37(60-62(11,50)51)21-23-42-34(2)28-36(58-42)22-24-45-55-25-26-56-45)35(3)41(49)30-43-40(32-63(52,53)39-19-17-16-18-20-39)46(54-10)44(59-43)29-38(61-65(14,15)48(7,8)9)31-57-64(12,13)47(4,5)6/h16-20,33,36-38,40-46,49H,2-3,21-32H2,1,4-15H3/t33-,36+,37-,38+,40+,41-,42+,43+,44-,46-/m1/s1. The average molecular weight is 989 g/mol. The second-order valence-corrected chi connectivity index (χ2v) is 35.0. The number of methoxy groups -OCH3 is 1. The lowest BCUT2D eigenvalue weighted by Gasteiger charge is -2.42. The van der Waals surface area contributed by atoms with Crippen LogP contribution in [0.4, 0.5) is 0 Å². The van der Waals surface area contributed by atoms with Crippen LogP contribution in [0, 0.1) is 11.8 Å². The molecule has 0 aromatic heterocycles. The largest absolute Gasteiger partial charge is 0.414 e. The Morgan fingerprint density at radius 2 is 1.49 bits per heavy atom. The van der Waals surface area contributed by atoms with Gasteiger partial charge in [0.25, 0.3) is 10.1 Å². The summed E-state index contributed by atoms with van der Waals surface area (Å²) in [7, 11) is -10.6. The van der Waals surface area contributed by atoms with Crippen LogP contribution < -0.4 is 0 Å². The summed E-state index contributed by atoms with van der Waals surface area (Å²) in [6.45, 7) is 34.0. The third kappa shape index (κ3) is 16.4. The molecule has 13 nitrogen and oxygen atoms in total. The summed E-state index contributed by atoms with van der Waals surface area (Å²) in [5.74, 6) is -1.28. The molecule has 3 aliphatic rings. The molecule has 3 saturated heterocycles. The predicted octanol–water partition coefficient (Wildman–Crippen LogP) is 8.99. The average Bonchev–Trinajstić information content (AvgIpc) is 3.92. The lowest BCUT2D eigenvalue weighted by molar-refractivity contribution is -0.0588. The summed E-state index contributed by atoms with van der Waals surface area (Å²) < 4.78 is 103. The van der Waals surface area contributed by atoms with E-state index in [-0.39, 0.29) is 64.1 Å². The van der Waals surface area contributed by atoms with Gasteiger partial charge >= 0.3 is 0 Å². The lowest BCUT2D eigenvalue weighted by Crippen LogP contribution is -2.49. The minimum Gasteiger partial charge on any atom is -0.414 e. The zero-order valence-electron chi connectivity index (χ0n) is 41.8. The maximum Gasteiger partial charge on any atom is 0.264 e. The molecule has 17 heteroatoms. The number of hydrogen-bond donors (Lipinski definition) is 1. The van der Waals surface area contributed by atoms with Crippen molar-refractivity contribution < 1.29 is 58.7 Å². The van der Waals surface area contributed by atoms with E-state index in [0.717, 1.165) is 24.7 Å². The fraction of sp³-hybridized carbons (Fsp3) is 0.792. The number of sulfone groups is 1. The van der Waals surface area contributed by atoms with Gasteiger partial charge in [0.2, 0.25) is 0 Å². The van der Waals surface area contributed by atoms with Gasteiger partial charge in [0.15, 0.2) is 32.8 Å². The molecule has 65 heavy (non-hydrogen) atoms. The Bertz CT molecular complexity index is 1910. The molecule has 0 amide bonds. The Balaban J connectivity index is 1.53. The molecule has 3 fully saturated rings. The molecule has 0 aliphatic carbocycles. The molecule has 0 spiro atoms. The number of aliphatic hydroxyl groups is 1. The molecule has 10 atom stereocenters. The molecule has 0 bridgehead atoms. The molecular formula is C48H84O13S2Si2. The highest BCUT2D eigenvalue weighted by atomic mass is 32.2. The first-order valence-corrected chi connectivity index (χ1v) is 32.8. The summed E-state index contributed by atoms with van der Waals surface area (Å²) in [5.41, 5.74) is 1.43. The summed E-state index contributed by atoms with van der Waals surface area (Å²) in [6.07, 6.45) is 0.274. The maximum absolute atomic E-state index is 14.1. The van der Waals surface area contributed by atoms with Gasteiger partial charge in [-0.15, -0.1) is 0 Å². The zero-order valence-corrected chi connectivity index (χ0v) is 45.4. The van der Waals surface area contributed by atoms with Gasteiger partial charge in [0.05, 0.1) is 85.6 Å². The third-order valence-corrected chi connectivity index (χ3v) is 26.0. The minimum absolute atomic E-state index is 0.0174. The normalized spacial score (nSPS) is 26.1. The second-order valence-electron chi connectivity index (χ2n) is 21.8. The van der Waals surface area contributed by atoms with Gasteiger partial charge in [-0.05, 0) is 97.6 Å². The van der Waals surface area contributed by atoms with E-state index in [9.17, 15) is 21.9 Å². The summed E-state index contributed by atoms with van der Waals surface area (Å²) in [4.78, 5) is 0.199. The summed E-state index contributed by atoms with van der Waals surface area (Å²) in [6, 6.07) is 8.35. The van der Waals surface area contributed by atoms with Crippen LogP contribution >= 0.6 is 0 Å². The van der Waals surface area contributed by atoms with Crippen molar-refractivity contribution in [3.8, 4) is 0 Å². The van der Waals surface area contributed by atoms with Crippen LogP contribution in [0.15, 0.2) is 59.5 Å². The van der Waals surface area contributed by atoms with Crippen molar-refractivity contribution in [1.29, 1.82) is 0 Å². The Kier molecular flexibility index (Phi) is 20.0. The number of ether oxygens (including phenoxy) is 5. The molecule has 0 unspecified atom stereocenters. The van der Waals surface area contributed by atoms with Crippen molar-refractivity contribution in [3.05, 3.63) is 54.6 Å². The number of aliphatic hydroxyl groups excluding tert-OH is 1. The first-order valence-electron chi connectivity index (χ1n) is 23.5. The van der Waals surface area contributed by atoms with Crippen molar-refractivity contribution in [2.24, 2.45) is 11.8 Å². The first-order chi connectivity index (χ1) is 29.9. The van der Waals surface area contributed by atoms with Gasteiger partial charge in [-0.2, -0.15) is 8.42 Å². The van der Waals surface area contributed by atoms with E-state index in [1.54, 1.807) is 37.4 Å². The minimum atomic E-state index is -3.82.